The van der Waals surface area contributed by atoms with Crippen molar-refractivity contribution in [1.29, 1.82) is 0 Å². The van der Waals surface area contributed by atoms with Gasteiger partial charge in [0, 0.05) is 19.2 Å². The monoisotopic (exact) mass is 412 g/mol. The molecule has 0 aliphatic carbocycles. The SMILES string of the molecule is C[C@H](Sc1nnc(C[C@H]2CCS(=O)(=O)C2)n1C)C(=O)Nc1cccc(F)c1. The fraction of sp³-hybridized carbons (Fsp3) is 0.471. The van der Waals surface area contributed by atoms with Crippen molar-refractivity contribution in [3.05, 3.63) is 35.9 Å². The Labute approximate surface area is 161 Å². The van der Waals surface area contributed by atoms with E-state index in [-0.39, 0.29) is 23.3 Å². The Kier molecular flexibility index (Phi) is 5.85. The van der Waals surface area contributed by atoms with E-state index in [1.807, 2.05) is 0 Å². The fourth-order valence-corrected chi connectivity index (χ4v) is 5.63. The molecule has 10 heteroatoms. The van der Waals surface area contributed by atoms with Gasteiger partial charge in [-0.15, -0.1) is 10.2 Å². The molecule has 1 aliphatic heterocycles. The molecule has 0 spiro atoms. The molecule has 7 nitrogen and oxygen atoms in total. The summed E-state index contributed by atoms with van der Waals surface area (Å²) >= 11 is 1.25. The van der Waals surface area contributed by atoms with Crippen molar-refractivity contribution >= 4 is 33.2 Å². The molecule has 1 N–H and O–H groups in total. The minimum atomic E-state index is -2.93. The summed E-state index contributed by atoms with van der Waals surface area (Å²) in [5, 5.41) is 11.1. The van der Waals surface area contributed by atoms with Gasteiger partial charge in [0.15, 0.2) is 15.0 Å². The number of hydrogen-bond donors (Lipinski definition) is 1. The van der Waals surface area contributed by atoms with Gasteiger partial charge >= 0.3 is 0 Å². The van der Waals surface area contributed by atoms with Gasteiger partial charge in [-0.3, -0.25) is 4.79 Å². The largest absolute Gasteiger partial charge is 0.325 e. The van der Waals surface area contributed by atoms with Crippen LogP contribution in [0.2, 0.25) is 0 Å². The molecule has 146 valence electrons. The van der Waals surface area contributed by atoms with Gasteiger partial charge in [-0.1, -0.05) is 17.8 Å². The van der Waals surface area contributed by atoms with Gasteiger partial charge in [-0.2, -0.15) is 0 Å². The predicted molar refractivity (Wildman–Crippen MR) is 102 cm³/mol. The minimum Gasteiger partial charge on any atom is -0.325 e. The summed E-state index contributed by atoms with van der Waals surface area (Å²) in [6, 6.07) is 5.71. The molecule has 1 saturated heterocycles. The quantitative estimate of drug-likeness (QED) is 0.730. The number of nitrogens with zero attached hydrogens (tertiary/aromatic N) is 3. The van der Waals surface area contributed by atoms with Crippen LogP contribution in [0.15, 0.2) is 29.4 Å². The molecule has 2 heterocycles. The molecular weight excluding hydrogens is 391 g/mol. The van der Waals surface area contributed by atoms with Gasteiger partial charge in [-0.25, -0.2) is 12.8 Å². The Morgan fingerprint density at radius 3 is 2.89 bits per heavy atom. The van der Waals surface area contributed by atoms with Gasteiger partial charge in [0.2, 0.25) is 5.91 Å². The summed E-state index contributed by atoms with van der Waals surface area (Å²) in [5.74, 6) is 0.502. The van der Waals surface area contributed by atoms with Crippen LogP contribution in [0.4, 0.5) is 10.1 Å². The van der Waals surface area contributed by atoms with Crippen molar-refractivity contribution in [3.63, 3.8) is 0 Å². The first-order chi connectivity index (χ1) is 12.7. The van der Waals surface area contributed by atoms with E-state index in [4.69, 9.17) is 0 Å². The molecule has 1 fully saturated rings. The third-order valence-corrected chi connectivity index (χ3v) is 7.44. The lowest BCUT2D eigenvalue weighted by molar-refractivity contribution is -0.115. The first kappa shape index (κ1) is 19.8. The maximum Gasteiger partial charge on any atom is 0.237 e. The highest BCUT2D eigenvalue weighted by molar-refractivity contribution is 8.00. The van der Waals surface area contributed by atoms with Crippen LogP contribution in [0.3, 0.4) is 0 Å². The standard InChI is InChI=1S/C17H21FN4O3S2/c1-11(16(23)19-14-5-3-4-13(18)9-14)26-17-21-20-15(22(17)2)8-12-6-7-27(24,25)10-12/h3-5,9,11-12H,6-8,10H2,1-2H3,(H,19,23)/t11-,12+/m0/s1. The summed E-state index contributed by atoms with van der Waals surface area (Å²) in [6.07, 6.45) is 1.19. The Morgan fingerprint density at radius 2 is 2.22 bits per heavy atom. The second-order valence-electron chi connectivity index (χ2n) is 6.69. The second kappa shape index (κ2) is 7.97. The third kappa shape index (κ3) is 5.07. The van der Waals surface area contributed by atoms with Crippen molar-refractivity contribution in [2.45, 2.75) is 30.2 Å². The number of carbonyl (C=O) groups excluding carboxylic acids is 1. The van der Waals surface area contributed by atoms with E-state index in [1.54, 1.807) is 24.6 Å². The highest BCUT2D eigenvalue weighted by Crippen LogP contribution is 2.26. The number of rotatable bonds is 6. The van der Waals surface area contributed by atoms with Crippen molar-refractivity contribution < 1.29 is 17.6 Å². The number of aromatic nitrogens is 3. The summed E-state index contributed by atoms with van der Waals surface area (Å²) < 4.78 is 38.2. The van der Waals surface area contributed by atoms with Crippen LogP contribution in [-0.2, 0) is 28.1 Å². The van der Waals surface area contributed by atoms with Gasteiger partial charge < -0.3 is 9.88 Å². The van der Waals surface area contributed by atoms with Gasteiger partial charge in [0.25, 0.3) is 0 Å². The van der Waals surface area contributed by atoms with Crippen molar-refractivity contribution in [3.8, 4) is 0 Å². The molecule has 0 radical (unpaired) electrons. The normalized spacial score (nSPS) is 19.7. The Balaban J connectivity index is 1.60. The average molecular weight is 413 g/mol. The zero-order valence-corrected chi connectivity index (χ0v) is 16.7. The van der Waals surface area contributed by atoms with Gasteiger partial charge in [0.05, 0.1) is 16.8 Å². The molecule has 0 saturated carbocycles. The van der Waals surface area contributed by atoms with Crippen LogP contribution < -0.4 is 5.32 Å². The van der Waals surface area contributed by atoms with Crippen LogP contribution >= 0.6 is 11.8 Å². The summed E-state index contributed by atoms with van der Waals surface area (Å²) in [4.78, 5) is 12.3. The number of anilines is 1. The van der Waals surface area contributed by atoms with Crippen LogP contribution in [0.25, 0.3) is 0 Å². The molecule has 1 aromatic heterocycles. The van der Waals surface area contributed by atoms with E-state index in [2.05, 4.69) is 15.5 Å². The van der Waals surface area contributed by atoms with Crippen molar-refractivity contribution in [2.24, 2.45) is 13.0 Å². The Hall–Kier alpha value is -1.94. The number of amides is 1. The Morgan fingerprint density at radius 1 is 1.44 bits per heavy atom. The molecule has 27 heavy (non-hydrogen) atoms. The minimum absolute atomic E-state index is 0.0597. The zero-order chi connectivity index (χ0) is 19.6. The first-order valence-corrected chi connectivity index (χ1v) is 11.3. The number of carbonyl (C=O) groups is 1. The highest BCUT2D eigenvalue weighted by Gasteiger charge is 2.29. The lowest BCUT2D eigenvalue weighted by Crippen LogP contribution is -2.23. The number of benzene rings is 1. The summed E-state index contributed by atoms with van der Waals surface area (Å²) in [6.45, 7) is 1.73. The summed E-state index contributed by atoms with van der Waals surface area (Å²) in [7, 11) is -1.12. The molecule has 1 aliphatic rings. The van der Waals surface area contributed by atoms with E-state index in [9.17, 15) is 17.6 Å². The first-order valence-electron chi connectivity index (χ1n) is 8.55. The average Bonchev–Trinajstić information content (AvgIpc) is 3.11. The van der Waals surface area contributed by atoms with E-state index >= 15 is 0 Å². The lowest BCUT2D eigenvalue weighted by atomic mass is 10.1. The van der Waals surface area contributed by atoms with Crippen LogP contribution in [-0.4, -0.2) is 45.8 Å². The summed E-state index contributed by atoms with van der Waals surface area (Å²) in [5.41, 5.74) is 0.397. The van der Waals surface area contributed by atoms with Crippen molar-refractivity contribution in [2.75, 3.05) is 16.8 Å². The van der Waals surface area contributed by atoms with E-state index in [0.29, 0.717) is 29.5 Å². The fourth-order valence-electron chi connectivity index (χ4n) is 2.94. The maximum absolute atomic E-state index is 13.2. The van der Waals surface area contributed by atoms with Crippen LogP contribution in [0.5, 0.6) is 0 Å². The van der Waals surface area contributed by atoms with E-state index in [1.165, 1.54) is 30.0 Å². The highest BCUT2D eigenvalue weighted by atomic mass is 32.2. The second-order valence-corrected chi connectivity index (χ2v) is 10.2. The van der Waals surface area contributed by atoms with Crippen molar-refractivity contribution in [1.82, 2.24) is 14.8 Å². The number of halogens is 1. The van der Waals surface area contributed by atoms with Gasteiger partial charge in [-0.05, 0) is 37.5 Å². The smallest absolute Gasteiger partial charge is 0.237 e. The molecule has 2 aromatic rings. The number of sulfone groups is 1. The molecule has 0 bridgehead atoms. The van der Waals surface area contributed by atoms with E-state index < -0.39 is 20.9 Å². The van der Waals surface area contributed by atoms with Crippen LogP contribution in [0.1, 0.15) is 19.2 Å². The molecule has 2 atom stereocenters. The molecule has 3 rings (SSSR count). The number of nitrogens with one attached hydrogen (secondary N) is 1. The lowest BCUT2D eigenvalue weighted by Gasteiger charge is -2.12. The molecular formula is C17H21FN4O3S2. The predicted octanol–water partition coefficient (Wildman–Crippen LogP) is 2.05. The molecule has 1 aromatic carbocycles. The third-order valence-electron chi connectivity index (χ3n) is 4.47. The molecule has 0 unspecified atom stereocenters. The maximum atomic E-state index is 13.2. The zero-order valence-electron chi connectivity index (χ0n) is 15.1. The van der Waals surface area contributed by atoms with Crippen LogP contribution in [0, 0.1) is 11.7 Å². The van der Waals surface area contributed by atoms with E-state index in [0.717, 1.165) is 0 Å². The number of thioether (sulfide) groups is 1. The topological polar surface area (TPSA) is 93.9 Å². The van der Waals surface area contributed by atoms with Gasteiger partial charge in [0.1, 0.15) is 11.6 Å². The Bertz CT molecular complexity index is 945. The molecule has 1 amide bonds. The number of hydrogen-bond acceptors (Lipinski definition) is 6.